The number of carbonyl (C=O) groups excluding carboxylic acids is 1. The smallest absolute Gasteiger partial charge is 0.255 e. The first kappa shape index (κ1) is 18.5. The number of aryl methyl sites for hydroxylation is 1. The normalized spacial score (nSPS) is 10.4. The van der Waals surface area contributed by atoms with Gasteiger partial charge >= 0.3 is 0 Å². The molecule has 1 amide bonds. The molecular weight excluding hydrogens is 424 g/mol. The van der Waals surface area contributed by atoms with E-state index in [-0.39, 0.29) is 5.91 Å². The lowest BCUT2D eigenvalue weighted by molar-refractivity contribution is 0.102. The summed E-state index contributed by atoms with van der Waals surface area (Å²) in [7, 11) is 1.53. The van der Waals surface area contributed by atoms with Crippen molar-refractivity contribution in [2.24, 2.45) is 0 Å². The van der Waals surface area contributed by atoms with Crippen LogP contribution in [0.1, 0.15) is 29.3 Å². The molecular formula is C18H19FINO3. The number of amides is 1. The summed E-state index contributed by atoms with van der Waals surface area (Å²) in [4.78, 5) is 12.5. The van der Waals surface area contributed by atoms with Gasteiger partial charge in [-0.15, -0.1) is 0 Å². The summed E-state index contributed by atoms with van der Waals surface area (Å²) in [5, 5.41) is 2.73. The Morgan fingerprint density at radius 3 is 2.71 bits per heavy atom. The predicted octanol–water partition coefficient (Wildman–Crippen LogP) is 4.79. The van der Waals surface area contributed by atoms with Crippen LogP contribution in [-0.2, 0) is 0 Å². The van der Waals surface area contributed by atoms with E-state index in [0.717, 1.165) is 15.6 Å². The number of ether oxygens (including phenoxy) is 2. The maximum Gasteiger partial charge on any atom is 0.255 e. The first-order chi connectivity index (χ1) is 11.5. The van der Waals surface area contributed by atoms with Crippen LogP contribution in [0.3, 0.4) is 0 Å². The number of anilines is 1. The summed E-state index contributed by atoms with van der Waals surface area (Å²) in [5.41, 5.74) is 1.65. The third-order valence-corrected chi connectivity index (χ3v) is 4.19. The Morgan fingerprint density at radius 2 is 2.04 bits per heavy atom. The molecule has 0 aromatic heterocycles. The number of rotatable bonds is 6. The molecule has 0 aliphatic heterocycles. The Labute approximate surface area is 154 Å². The zero-order chi connectivity index (χ0) is 17.7. The standard InChI is InChI=1S/C18H19FINO3/c1-4-7-24-17-14(20)8-12(9-16(17)23-3)18(22)21-15-10-13(19)6-5-11(15)2/h5-6,8-10H,4,7H2,1-3H3,(H,21,22). The highest BCUT2D eigenvalue weighted by molar-refractivity contribution is 14.1. The summed E-state index contributed by atoms with van der Waals surface area (Å²) in [6, 6.07) is 7.62. The van der Waals surface area contributed by atoms with Crippen molar-refractivity contribution in [1.29, 1.82) is 0 Å². The highest BCUT2D eigenvalue weighted by Crippen LogP contribution is 2.34. The van der Waals surface area contributed by atoms with Crippen molar-refractivity contribution in [1.82, 2.24) is 0 Å². The molecule has 2 rings (SSSR count). The van der Waals surface area contributed by atoms with E-state index < -0.39 is 5.82 Å². The summed E-state index contributed by atoms with van der Waals surface area (Å²) in [6.07, 6.45) is 0.875. The summed E-state index contributed by atoms with van der Waals surface area (Å²) in [5.74, 6) is 0.392. The number of hydrogen-bond acceptors (Lipinski definition) is 3. The van der Waals surface area contributed by atoms with Crippen LogP contribution in [0.4, 0.5) is 10.1 Å². The number of hydrogen-bond donors (Lipinski definition) is 1. The van der Waals surface area contributed by atoms with E-state index in [1.807, 2.05) is 6.92 Å². The van der Waals surface area contributed by atoms with Gasteiger partial charge in [-0.1, -0.05) is 13.0 Å². The molecule has 0 bridgehead atoms. The molecule has 0 unspecified atom stereocenters. The summed E-state index contributed by atoms with van der Waals surface area (Å²) < 4.78 is 25.2. The highest BCUT2D eigenvalue weighted by Gasteiger charge is 2.16. The van der Waals surface area contributed by atoms with Gasteiger partial charge in [-0.3, -0.25) is 4.79 Å². The molecule has 0 saturated carbocycles. The summed E-state index contributed by atoms with van der Waals surface area (Å²) >= 11 is 2.11. The van der Waals surface area contributed by atoms with Crippen LogP contribution < -0.4 is 14.8 Å². The molecule has 2 aromatic rings. The van der Waals surface area contributed by atoms with Crippen LogP contribution in [0.2, 0.25) is 0 Å². The Morgan fingerprint density at radius 1 is 1.29 bits per heavy atom. The van der Waals surface area contributed by atoms with Crippen LogP contribution in [-0.4, -0.2) is 19.6 Å². The van der Waals surface area contributed by atoms with Crippen molar-refractivity contribution in [2.45, 2.75) is 20.3 Å². The average Bonchev–Trinajstić information content (AvgIpc) is 2.56. The molecule has 24 heavy (non-hydrogen) atoms. The van der Waals surface area contributed by atoms with Crippen LogP contribution >= 0.6 is 22.6 Å². The molecule has 6 heteroatoms. The van der Waals surface area contributed by atoms with Gasteiger partial charge < -0.3 is 14.8 Å². The van der Waals surface area contributed by atoms with Crippen molar-refractivity contribution < 1.29 is 18.7 Å². The SMILES string of the molecule is CCCOc1c(I)cc(C(=O)Nc2cc(F)ccc2C)cc1OC. The third-order valence-electron chi connectivity index (χ3n) is 3.39. The van der Waals surface area contributed by atoms with E-state index in [1.165, 1.54) is 19.2 Å². The van der Waals surface area contributed by atoms with E-state index >= 15 is 0 Å². The van der Waals surface area contributed by atoms with Crippen molar-refractivity contribution in [3.8, 4) is 11.5 Å². The Bertz CT molecular complexity index is 749. The van der Waals surface area contributed by atoms with E-state index in [1.54, 1.807) is 25.1 Å². The Hall–Kier alpha value is -1.83. The second kappa shape index (κ2) is 8.32. The number of halogens is 2. The van der Waals surface area contributed by atoms with Crippen molar-refractivity contribution >= 4 is 34.2 Å². The van der Waals surface area contributed by atoms with Gasteiger partial charge in [0.1, 0.15) is 5.82 Å². The van der Waals surface area contributed by atoms with Gasteiger partial charge in [0.15, 0.2) is 11.5 Å². The van der Waals surface area contributed by atoms with Gasteiger partial charge in [0.05, 0.1) is 17.3 Å². The van der Waals surface area contributed by atoms with Gasteiger partial charge in [0.25, 0.3) is 5.91 Å². The van der Waals surface area contributed by atoms with E-state index in [9.17, 15) is 9.18 Å². The molecule has 0 fully saturated rings. The first-order valence-corrected chi connectivity index (χ1v) is 8.62. The second-order valence-corrected chi connectivity index (χ2v) is 6.41. The monoisotopic (exact) mass is 443 g/mol. The van der Waals surface area contributed by atoms with Gasteiger partial charge in [-0.2, -0.15) is 0 Å². The Balaban J connectivity index is 2.29. The molecule has 0 spiro atoms. The van der Waals surface area contributed by atoms with Crippen molar-refractivity contribution in [3.05, 3.63) is 50.8 Å². The maximum absolute atomic E-state index is 13.4. The van der Waals surface area contributed by atoms with Crippen LogP contribution in [0, 0.1) is 16.3 Å². The molecule has 0 radical (unpaired) electrons. The lowest BCUT2D eigenvalue weighted by atomic mass is 10.1. The van der Waals surface area contributed by atoms with Gasteiger partial charge in [-0.05, 0) is 65.8 Å². The second-order valence-electron chi connectivity index (χ2n) is 5.25. The lowest BCUT2D eigenvalue weighted by Gasteiger charge is -2.14. The number of nitrogens with one attached hydrogen (secondary N) is 1. The molecule has 128 valence electrons. The van der Waals surface area contributed by atoms with Gasteiger partial charge in [-0.25, -0.2) is 4.39 Å². The molecule has 0 saturated heterocycles. The Kier molecular flexibility index (Phi) is 6.42. The molecule has 1 N–H and O–H groups in total. The fourth-order valence-corrected chi connectivity index (χ4v) is 2.88. The van der Waals surface area contributed by atoms with E-state index in [4.69, 9.17) is 9.47 Å². The minimum Gasteiger partial charge on any atom is -0.493 e. The zero-order valence-electron chi connectivity index (χ0n) is 13.8. The molecule has 4 nitrogen and oxygen atoms in total. The maximum atomic E-state index is 13.4. The van der Waals surface area contributed by atoms with Crippen LogP contribution in [0.5, 0.6) is 11.5 Å². The van der Waals surface area contributed by atoms with Crippen LogP contribution in [0.25, 0.3) is 0 Å². The van der Waals surface area contributed by atoms with Crippen LogP contribution in [0.15, 0.2) is 30.3 Å². The number of carbonyl (C=O) groups is 1. The van der Waals surface area contributed by atoms with Crippen molar-refractivity contribution in [2.75, 3.05) is 19.0 Å². The topological polar surface area (TPSA) is 47.6 Å². The van der Waals surface area contributed by atoms with E-state index in [2.05, 4.69) is 27.9 Å². The fraction of sp³-hybridized carbons (Fsp3) is 0.278. The summed E-state index contributed by atoms with van der Waals surface area (Å²) in [6.45, 7) is 4.39. The quantitative estimate of drug-likeness (QED) is 0.654. The van der Waals surface area contributed by atoms with Gasteiger partial charge in [0, 0.05) is 11.3 Å². The zero-order valence-corrected chi connectivity index (χ0v) is 15.9. The largest absolute Gasteiger partial charge is 0.493 e. The van der Waals surface area contributed by atoms with Crippen molar-refractivity contribution in [3.63, 3.8) is 0 Å². The molecule has 0 heterocycles. The van der Waals surface area contributed by atoms with Gasteiger partial charge in [0.2, 0.25) is 0 Å². The van der Waals surface area contributed by atoms with E-state index in [0.29, 0.717) is 29.4 Å². The fourth-order valence-electron chi connectivity index (χ4n) is 2.12. The molecule has 2 aromatic carbocycles. The predicted molar refractivity (Wildman–Crippen MR) is 101 cm³/mol. The molecule has 0 aliphatic carbocycles. The number of benzene rings is 2. The number of methoxy groups -OCH3 is 1. The highest BCUT2D eigenvalue weighted by atomic mass is 127. The first-order valence-electron chi connectivity index (χ1n) is 7.54. The minimum atomic E-state index is -0.397. The lowest BCUT2D eigenvalue weighted by Crippen LogP contribution is -2.14. The molecule has 0 aliphatic rings. The average molecular weight is 443 g/mol. The minimum absolute atomic E-state index is 0.332. The third kappa shape index (κ3) is 4.37. The molecule has 0 atom stereocenters.